The Labute approximate surface area is 173 Å². The van der Waals surface area contributed by atoms with E-state index in [1.807, 2.05) is 0 Å². The Bertz CT molecular complexity index is 964. The predicted octanol–water partition coefficient (Wildman–Crippen LogP) is 3.37. The predicted molar refractivity (Wildman–Crippen MR) is 99.5 cm³/mol. The van der Waals surface area contributed by atoms with Gasteiger partial charge in [-0.1, -0.05) is 12.1 Å². The number of benzene rings is 2. The zero-order chi connectivity index (χ0) is 23.0. The first-order valence-corrected chi connectivity index (χ1v) is 8.78. The van der Waals surface area contributed by atoms with E-state index < -0.39 is 35.5 Å². The van der Waals surface area contributed by atoms with Crippen molar-refractivity contribution < 1.29 is 41.9 Å². The maximum absolute atomic E-state index is 12.6. The van der Waals surface area contributed by atoms with Gasteiger partial charge in [0.25, 0.3) is 11.6 Å². The molecule has 0 aliphatic heterocycles. The molecule has 31 heavy (non-hydrogen) atoms. The molecule has 1 N–H and O–H groups in total. The zero-order valence-corrected chi connectivity index (χ0v) is 16.1. The SMILES string of the molecule is CCOC(=O)COc1ccc(OC(F)(F)F)cc1C(=O)NCc1cccc([N+](=O)[O-])c1. The van der Waals surface area contributed by atoms with E-state index in [2.05, 4.69) is 10.1 Å². The van der Waals surface area contributed by atoms with Crippen molar-refractivity contribution in [3.63, 3.8) is 0 Å². The molecule has 166 valence electrons. The van der Waals surface area contributed by atoms with Crippen LogP contribution in [0.25, 0.3) is 0 Å². The molecule has 12 heteroatoms. The monoisotopic (exact) mass is 442 g/mol. The van der Waals surface area contributed by atoms with Gasteiger partial charge in [-0.3, -0.25) is 14.9 Å². The number of halogens is 3. The van der Waals surface area contributed by atoms with Crippen LogP contribution in [-0.4, -0.2) is 36.4 Å². The van der Waals surface area contributed by atoms with Gasteiger partial charge in [-0.15, -0.1) is 13.2 Å². The molecule has 1 amide bonds. The van der Waals surface area contributed by atoms with Crippen molar-refractivity contribution in [2.75, 3.05) is 13.2 Å². The number of nitrogens with one attached hydrogen (secondary N) is 1. The molecule has 0 spiro atoms. The molecular weight excluding hydrogens is 425 g/mol. The first-order chi connectivity index (χ1) is 14.6. The lowest BCUT2D eigenvalue weighted by Crippen LogP contribution is -2.25. The van der Waals surface area contributed by atoms with Gasteiger partial charge in [-0.2, -0.15) is 0 Å². The number of non-ortho nitro benzene ring substituents is 1. The average molecular weight is 442 g/mol. The van der Waals surface area contributed by atoms with Gasteiger partial charge in [0.15, 0.2) is 6.61 Å². The van der Waals surface area contributed by atoms with Crippen molar-refractivity contribution in [1.29, 1.82) is 0 Å². The lowest BCUT2D eigenvalue weighted by Gasteiger charge is -2.14. The molecule has 9 nitrogen and oxygen atoms in total. The standard InChI is InChI=1S/C19H17F3N2O7/c1-2-29-17(25)11-30-16-7-6-14(31-19(20,21)22)9-15(16)18(26)23-10-12-4-3-5-13(8-12)24(27)28/h3-9H,2,10-11H2,1H3,(H,23,26). The van der Waals surface area contributed by atoms with Crippen LogP contribution in [0.5, 0.6) is 11.5 Å². The van der Waals surface area contributed by atoms with Gasteiger partial charge in [0.1, 0.15) is 11.5 Å². The second kappa shape index (κ2) is 10.3. The number of nitrogens with zero attached hydrogens (tertiary/aromatic N) is 1. The van der Waals surface area contributed by atoms with E-state index >= 15 is 0 Å². The van der Waals surface area contributed by atoms with Crippen LogP contribution in [0.15, 0.2) is 42.5 Å². The van der Waals surface area contributed by atoms with Crippen LogP contribution in [-0.2, 0) is 16.1 Å². The van der Waals surface area contributed by atoms with Crippen LogP contribution in [0.4, 0.5) is 18.9 Å². The fourth-order valence-electron chi connectivity index (χ4n) is 2.41. The maximum Gasteiger partial charge on any atom is 0.573 e. The van der Waals surface area contributed by atoms with Gasteiger partial charge < -0.3 is 19.5 Å². The summed E-state index contributed by atoms with van der Waals surface area (Å²) < 4.78 is 51.3. The number of carbonyl (C=O) groups excluding carboxylic acids is 2. The number of esters is 1. The Morgan fingerprint density at radius 2 is 1.90 bits per heavy atom. The van der Waals surface area contributed by atoms with Crippen LogP contribution in [0.3, 0.4) is 0 Å². The van der Waals surface area contributed by atoms with Gasteiger partial charge in [0.05, 0.1) is 17.1 Å². The van der Waals surface area contributed by atoms with E-state index in [9.17, 15) is 32.9 Å². The third-order valence-corrected chi connectivity index (χ3v) is 3.65. The highest BCUT2D eigenvalue weighted by atomic mass is 19.4. The molecule has 0 heterocycles. The summed E-state index contributed by atoms with van der Waals surface area (Å²) in [5.41, 5.74) is -0.138. The van der Waals surface area contributed by atoms with E-state index in [4.69, 9.17) is 9.47 Å². The molecule has 0 aliphatic rings. The molecular formula is C19H17F3N2O7. The third-order valence-electron chi connectivity index (χ3n) is 3.65. The smallest absolute Gasteiger partial charge is 0.481 e. The van der Waals surface area contributed by atoms with Crippen LogP contribution in [0, 0.1) is 10.1 Å². The zero-order valence-electron chi connectivity index (χ0n) is 16.1. The average Bonchev–Trinajstić information content (AvgIpc) is 2.70. The summed E-state index contributed by atoms with van der Waals surface area (Å²) in [6.45, 7) is 0.950. The molecule has 2 aromatic carbocycles. The number of hydrogen-bond donors (Lipinski definition) is 1. The minimum atomic E-state index is -4.98. The van der Waals surface area contributed by atoms with Crippen LogP contribution < -0.4 is 14.8 Å². The van der Waals surface area contributed by atoms with Crippen molar-refractivity contribution in [3.05, 3.63) is 63.7 Å². The number of alkyl halides is 3. The lowest BCUT2D eigenvalue weighted by molar-refractivity contribution is -0.384. The minimum absolute atomic E-state index is 0.0944. The molecule has 0 saturated carbocycles. The van der Waals surface area contributed by atoms with E-state index in [1.54, 1.807) is 6.92 Å². The molecule has 0 saturated heterocycles. The van der Waals surface area contributed by atoms with Crippen molar-refractivity contribution in [2.24, 2.45) is 0 Å². The minimum Gasteiger partial charge on any atom is -0.481 e. The molecule has 0 unspecified atom stereocenters. The second-order valence-electron chi connectivity index (χ2n) is 5.91. The third kappa shape index (κ3) is 7.49. The first kappa shape index (κ1) is 23.4. The topological polar surface area (TPSA) is 117 Å². The number of carbonyl (C=O) groups is 2. The van der Waals surface area contributed by atoms with E-state index in [0.717, 1.165) is 18.2 Å². The number of nitro benzene ring substituents is 1. The van der Waals surface area contributed by atoms with Gasteiger partial charge in [-0.05, 0) is 30.7 Å². The highest BCUT2D eigenvalue weighted by Crippen LogP contribution is 2.29. The van der Waals surface area contributed by atoms with Gasteiger partial charge >= 0.3 is 12.3 Å². The molecule has 2 rings (SSSR count). The quantitative estimate of drug-likeness (QED) is 0.359. The number of ether oxygens (including phenoxy) is 3. The summed E-state index contributed by atoms with van der Waals surface area (Å²) in [6, 6.07) is 8.22. The molecule has 0 fully saturated rings. The molecule has 0 radical (unpaired) electrons. The lowest BCUT2D eigenvalue weighted by atomic mass is 10.1. The van der Waals surface area contributed by atoms with Gasteiger partial charge in [0.2, 0.25) is 0 Å². The Kier molecular flexibility index (Phi) is 7.77. The maximum atomic E-state index is 12.6. The van der Waals surface area contributed by atoms with Gasteiger partial charge in [-0.25, -0.2) is 4.79 Å². The number of amides is 1. The number of nitro groups is 1. The summed E-state index contributed by atoms with van der Waals surface area (Å²) in [5, 5.41) is 13.3. The van der Waals surface area contributed by atoms with Crippen molar-refractivity contribution in [2.45, 2.75) is 19.8 Å². The van der Waals surface area contributed by atoms with Crippen molar-refractivity contribution in [3.8, 4) is 11.5 Å². The first-order valence-electron chi connectivity index (χ1n) is 8.78. The Morgan fingerprint density at radius 3 is 2.55 bits per heavy atom. The summed E-state index contributed by atoms with van der Waals surface area (Å²) in [4.78, 5) is 34.3. The highest BCUT2D eigenvalue weighted by Gasteiger charge is 2.31. The van der Waals surface area contributed by atoms with Crippen LogP contribution >= 0.6 is 0 Å². The van der Waals surface area contributed by atoms with Gasteiger partial charge in [0, 0.05) is 18.7 Å². The van der Waals surface area contributed by atoms with Crippen molar-refractivity contribution >= 4 is 17.6 Å². The molecule has 0 bridgehead atoms. The van der Waals surface area contributed by atoms with E-state index in [-0.39, 0.29) is 30.2 Å². The fraction of sp³-hybridized carbons (Fsp3) is 0.263. The van der Waals surface area contributed by atoms with E-state index in [1.165, 1.54) is 24.3 Å². The fourth-order valence-corrected chi connectivity index (χ4v) is 2.41. The second-order valence-corrected chi connectivity index (χ2v) is 5.91. The summed E-state index contributed by atoms with van der Waals surface area (Å²) in [7, 11) is 0. The highest BCUT2D eigenvalue weighted by molar-refractivity contribution is 5.97. The Hall–Kier alpha value is -3.83. The molecule has 0 atom stereocenters. The largest absolute Gasteiger partial charge is 0.573 e. The molecule has 0 aromatic heterocycles. The summed E-state index contributed by atoms with van der Waals surface area (Å²) in [5.74, 6) is -2.44. The summed E-state index contributed by atoms with van der Waals surface area (Å²) >= 11 is 0. The number of hydrogen-bond acceptors (Lipinski definition) is 7. The Morgan fingerprint density at radius 1 is 1.16 bits per heavy atom. The molecule has 0 aliphatic carbocycles. The van der Waals surface area contributed by atoms with Crippen LogP contribution in [0.2, 0.25) is 0 Å². The van der Waals surface area contributed by atoms with Crippen LogP contribution in [0.1, 0.15) is 22.8 Å². The Balaban J connectivity index is 2.21. The number of rotatable bonds is 9. The van der Waals surface area contributed by atoms with E-state index in [0.29, 0.717) is 5.56 Å². The summed E-state index contributed by atoms with van der Waals surface area (Å²) in [6.07, 6.45) is -4.98. The normalized spacial score (nSPS) is 10.8. The van der Waals surface area contributed by atoms with Crippen molar-refractivity contribution in [1.82, 2.24) is 5.32 Å². The molecule has 2 aromatic rings.